The average molecular weight is 151 g/mol. The first-order valence-corrected chi connectivity index (χ1v) is 2.46. The zero-order valence-electron chi connectivity index (χ0n) is 4.02. The van der Waals surface area contributed by atoms with Crippen LogP contribution in [0, 0.1) is 10.8 Å². The van der Waals surface area contributed by atoms with Crippen LogP contribution in [0.25, 0.3) is 0 Å². The van der Waals surface area contributed by atoms with Gasteiger partial charge in [-0.1, -0.05) is 0 Å². The molecular formula is C2H6N5V. The average Bonchev–Trinajstić information content (AvgIpc) is 1.65. The molecule has 0 unspecified atom stereocenters. The zero-order valence-corrected chi connectivity index (χ0v) is 5.42. The maximum absolute atomic E-state index is 6.81. The van der Waals surface area contributed by atoms with Gasteiger partial charge in [0.1, 0.15) is 0 Å². The molecule has 8 heavy (non-hydrogen) atoms. The van der Waals surface area contributed by atoms with Gasteiger partial charge in [0.05, 0.1) is 0 Å². The van der Waals surface area contributed by atoms with Crippen LogP contribution in [-0.2, 0) is 17.7 Å². The molecule has 0 amide bonds. The van der Waals surface area contributed by atoms with Crippen molar-refractivity contribution in [2.45, 2.75) is 0 Å². The molecule has 0 aliphatic heterocycles. The van der Waals surface area contributed by atoms with Crippen molar-refractivity contribution in [1.29, 1.82) is 10.8 Å². The van der Waals surface area contributed by atoms with Gasteiger partial charge in [-0.25, -0.2) is 0 Å². The minimum atomic E-state index is -0.242. The van der Waals surface area contributed by atoms with Crippen LogP contribution in [0.5, 0.6) is 0 Å². The van der Waals surface area contributed by atoms with Crippen molar-refractivity contribution in [3.8, 4) is 0 Å². The fourth-order valence-electron chi connectivity index (χ4n) is 0.163. The summed E-state index contributed by atoms with van der Waals surface area (Å²) in [7, 11) is 0. The van der Waals surface area contributed by atoms with E-state index in [1.807, 2.05) is 17.7 Å². The SMILES string of the molecule is N=C(N)NC(=N)[NH][V]. The van der Waals surface area contributed by atoms with E-state index in [9.17, 15) is 0 Å². The van der Waals surface area contributed by atoms with Crippen LogP contribution in [0.2, 0.25) is 0 Å². The van der Waals surface area contributed by atoms with E-state index < -0.39 is 0 Å². The van der Waals surface area contributed by atoms with Crippen molar-refractivity contribution >= 4 is 11.9 Å². The number of hydrogen-bond acceptors (Lipinski definition) is 2. The van der Waals surface area contributed by atoms with Gasteiger partial charge in [-0.2, -0.15) is 0 Å². The van der Waals surface area contributed by atoms with Crippen molar-refractivity contribution in [3.63, 3.8) is 0 Å². The molecule has 0 saturated heterocycles. The molecule has 6 heteroatoms. The molecule has 6 N–H and O–H groups in total. The molecule has 0 aliphatic rings. The van der Waals surface area contributed by atoms with Gasteiger partial charge < -0.3 is 0 Å². The normalized spacial score (nSPS) is 7.50. The molecule has 0 saturated carbocycles. The fourth-order valence-corrected chi connectivity index (χ4v) is 0.250. The first kappa shape index (κ1) is 7.32. The predicted molar refractivity (Wildman–Crippen MR) is 25.9 cm³/mol. The van der Waals surface area contributed by atoms with Crippen molar-refractivity contribution in [1.82, 2.24) is 9.48 Å². The predicted octanol–water partition coefficient (Wildman–Crippen LogP) is -1.54. The van der Waals surface area contributed by atoms with Gasteiger partial charge in [0.25, 0.3) is 0 Å². The van der Waals surface area contributed by atoms with Gasteiger partial charge in [-0.3, -0.25) is 0 Å². The Morgan fingerprint density at radius 3 is 2.12 bits per heavy atom. The maximum atomic E-state index is 6.81. The molecule has 0 aromatic heterocycles. The summed E-state index contributed by atoms with van der Waals surface area (Å²) in [6.45, 7) is 0. The Morgan fingerprint density at radius 2 is 2.00 bits per heavy atom. The molecule has 0 aliphatic carbocycles. The van der Waals surface area contributed by atoms with E-state index >= 15 is 0 Å². The van der Waals surface area contributed by atoms with Crippen LogP contribution in [0.4, 0.5) is 0 Å². The summed E-state index contributed by atoms with van der Waals surface area (Å²) < 4.78 is 2.39. The Hall–Kier alpha value is -0.676. The quantitative estimate of drug-likeness (QED) is 0.214. The molecule has 0 spiro atoms. The van der Waals surface area contributed by atoms with Gasteiger partial charge in [-0.05, 0) is 0 Å². The molecule has 0 fully saturated rings. The molecule has 0 aromatic carbocycles. The number of hydrogen-bond donors (Lipinski definition) is 5. The summed E-state index contributed by atoms with van der Waals surface area (Å²) in [5.41, 5.74) is 4.85. The molecule has 0 radical (unpaired) electrons. The molecule has 0 heterocycles. The zero-order chi connectivity index (χ0) is 6.57. The van der Waals surface area contributed by atoms with Crippen LogP contribution in [0.1, 0.15) is 0 Å². The second kappa shape index (κ2) is 3.34. The van der Waals surface area contributed by atoms with Crippen LogP contribution in [-0.4, -0.2) is 11.9 Å². The minimum absolute atomic E-state index is 0.00231. The van der Waals surface area contributed by atoms with Crippen molar-refractivity contribution in [2.75, 3.05) is 0 Å². The van der Waals surface area contributed by atoms with E-state index in [1.165, 1.54) is 0 Å². The van der Waals surface area contributed by atoms with Gasteiger partial charge in [0.15, 0.2) is 0 Å². The van der Waals surface area contributed by atoms with Crippen molar-refractivity contribution in [2.24, 2.45) is 5.73 Å². The Kier molecular flexibility index (Phi) is 3.06. The Balaban J connectivity index is 3.40. The summed E-state index contributed by atoms with van der Waals surface area (Å²) in [6.07, 6.45) is 0. The van der Waals surface area contributed by atoms with Gasteiger partial charge >= 0.3 is 55.6 Å². The Labute approximate surface area is 56.2 Å². The first-order valence-electron chi connectivity index (χ1n) is 1.76. The van der Waals surface area contributed by atoms with Crippen molar-refractivity contribution < 1.29 is 17.7 Å². The van der Waals surface area contributed by atoms with Crippen LogP contribution >= 0.6 is 0 Å². The third-order valence-electron chi connectivity index (χ3n) is 0.371. The topological polar surface area (TPSA) is 97.8 Å². The molecule has 0 rings (SSSR count). The summed E-state index contributed by atoms with van der Waals surface area (Å²) in [5, 5.41) is 15.6. The summed E-state index contributed by atoms with van der Waals surface area (Å²) in [6, 6.07) is 0. The molecular weight excluding hydrogens is 145 g/mol. The molecule has 5 nitrogen and oxygen atoms in total. The van der Waals surface area contributed by atoms with Gasteiger partial charge in [0, 0.05) is 0 Å². The van der Waals surface area contributed by atoms with E-state index in [0.29, 0.717) is 0 Å². The number of rotatable bonds is 0. The Bertz CT molecular complexity index is 109. The van der Waals surface area contributed by atoms with E-state index in [1.54, 1.807) is 0 Å². The van der Waals surface area contributed by atoms with Crippen LogP contribution < -0.4 is 15.2 Å². The van der Waals surface area contributed by atoms with E-state index in [-0.39, 0.29) is 11.9 Å². The number of guanidine groups is 2. The number of nitrogens with one attached hydrogen (secondary N) is 4. The molecule has 0 atom stereocenters. The van der Waals surface area contributed by atoms with E-state index in [0.717, 1.165) is 0 Å². The second-order valence-corrected chi connectivity index (χ2v) is 1.37. The molecule has 0 aromatic rings. The monoisotopic (exact) mass is 151 g/mol. The second-order valence-electron chi connectivity index (χ2n) is 1.03. The number of nitrogens with two attached hydrogens (primary N) is 1. The van der Waals surface area contributed by atoms with Gasteiger partial charge in [-0.15, -0.1) is 0 Å². The van der Waals surface area contributed by atoms with Crippen molar-refractivity contribution in [3.05, 3.63) is 0 Å². The summed E-state index contributed by atoms with van der Waals surface area (Å²) >= 11 is 1.96. The van der Waals surface area contributed by atoms with Gasteiger partial charge in [0.2, 0.25) is 0 Å². The molecule has 44 valence electrons. The standard InChI is InChI=1S/C2H6N5.V/c3-1(4)7-2(5)6;/h(H6-,3,4,5,6,7);/q-1;+1. The van der Waals surface area contributed by atoms with E-state index in [2.05, 4.69) is 9.48 Å². The first-order chi connectivity index (χ1) is 3.66. The summed E-state index contributed by atoms with van der Waals surface area (Å²) in [4.78, 5) is 0. The third kappa shape index (κ3) is 3.51. The Morgan fingerprint density at radius 1 is 1.50 bits per heavy atom. The van der Waals surface area contributed by atoms with E-state index in [4.69, 9.17) is 16.6 Å². The van der Waals surface area contributed by atoms with Crippen LogP contribution in [0.15, 0.2) is 0 Å². The van der Waals surface area contributed by atoms with Crippen LogP contribution in [0.3, 0.4) is 0 Å². The molecule has 0 bridgehead atoms. The fraction of sp³-hybridized carbons (Fsp3) is 0. The summed E-state index contributed by atoms with van der Waals surface area (Å²) in [5.74, 6) is -0.244. The third-order valence-corrected chi connectivity index (χ3v) is 0.721.